The van der Waals surface area contributed by atoms with E-state index in [1.54, 1.807) is 0 Å². The molecule has 0 saturated carbocycles. The SMILES string of the molecule is C1COCC(NCC2CCSCC2)C1. The fourth-order valence-electron chi connectivity index (χ4n) is 2.19. The summed E-state index contributed by atoms with van der Waals surface area (Å²) >= 11 is 2.11. The molecule has 1 N–H and O–H groups in total. The summed E-state index contributed by atoms with van der Waals surface area (Å²) in [5, 5.41) is 3.66. The van der Waals surface area contributed by atoms with E-state index in [9.17, 15) is 0 Å². The van der Waals surface area contributed by atoms with Crippen LogP contribution in [0.3, 0.4) is 0 Å². The van der Waals surface area contributed by atoms with Gasteiger partial charge in [0.05, 0.1) is 6.61 Å². The molecule has 1 atom stereocenters. The van der Waals surface area contributed by atoms with Crippen molar-refractivity contribution in [3.05, 3.63) is 0 Å². The van der Waals surface area contributed by atoms with E-state index in [0.29, 0.717) is 6.04 Å². The first kappa shape index (κ1) is 10.8. The summed E-state index contributed by atoms with van der Waals surface area (Å²) in [6, 6.07) is 0.637. The van der Waals surface area contributed by atoms with Crippen molar-refractivity contribution in [3.8, 4) is 0 Å². The highest BCUT2D eigenvalue weighted by Gasteiger charge is 2.17. The van der Waals surface area contributed by atoms with E-state index < -0.39 is 0 Å². The number of rotatable bonds is 3. The van der Waals surface area contributed by atoms with Gasteiger partial charge in [0.2, 0.25) is 0 Å². The summed E-state index contributed by atoms with van der Waals surface area (Å²) in [6.45, 7) is 3.12. The average molecular weight is 215 g/mol. The van der Waals surface area contributed by atoms with Crippen molar-refractivity contribution < 1.29 is 4.74 Å². The Kier molecular flexibility index (Phi) is 4.61. The van der Waals surface area contributed by atoms with Gasteiger partial charge in [0, 0.05) is 12.6 Å². The second-order valence-corrected chi connectivity index (χ2v) is 5.60. The van der Waals surface area contributed by atoms with Crippen molar-refractivity contribution in [2.24, 2.45) is 5.92 Å². The molecule has 0 aromatic carbocycles. The first-order chi connectivity index (χ1) is 6.95. The highest BCUT2D eigenvalue weighted by Crippen LogP contribution is 2.22. The molecule has 2 aliphatic heterocycles. The lowest BCUT2D eigenvalue weighted by atomic mass is 10.0. The van der Waals surface area contributed by atoms with Gasteiger partial charge < -0.3 is 10.1 Å². The van der Waals surface area contributed by atoms with Crippen LogP contribution in [0, 0.1) is 5.92 Å². The molecule has 14 heavy (non-hydrogen) atoms. The molecule has 82 valence electrons. The topological polar surface area (TPSA) is 21.3 Å². The molecule has 2 saturated heterocycles. The van der Waals surface area contributed by atoms with Crippen molar-refractivity contribution in [2.75, 3.05) is 31.3 Å². The van der Waals surface area contributed by atoms with Crippen molar-refractivity contribution >= 4 is 11.8 Å². The first-order valence-corrected chi connectivity index (χ1v) is 6.99. The summed E-state index contributed by atoms with van der Waals surface area (Å²) < 4.78 is 5.46. The minimum Gasteiger partial charge on any atom is -0.380 e. The van der Waals surface area contributed by atoms with Gasteiger partial charge in [-0.25, -0.2) is 0 Å². The number of hydrogen-bond acceptors (Lipinski definition) is 3. The third-order valence-electron chi connectivity index (χ3n) is 3.20. The maximum Gasteiger partial charge on any atom is 0.0619 e. The van der Waals surface area contributed by atoms with Gasteiger partial charge in [-0.2, -0.15) is 11.8 Å². The predicted octanol–water partition coefficient (Wildman–Crippen LogP) is 1.90. The zero-order valence-electron chi connectivity index (χ0n) is 8.84. The average Bonchev–Trinajstić information content (AvgIpc) is 2.29. The van der Waals surface area contributed by atoms with Gasteiger partial charge in [0.1, 0.15) is 0 Å². The molecule has 0 spiro atoms. The van der Waals surface area contributed by atoms with Crippen molar-refractivity contribution in [1.82, 2.24) is 5.32 Å². The van der Waals surface area contributed by atoms with E-state index in [2.05, 4.69) is 17.1 Å². The van der Waals surface area contributed by atoms with Gasteiger partial charge in [0.15, 0.2) is 0 Å². The molecule has 3 heteroatoms. The third kappa shape index (κ3) is 3.44. The lowest BCUT2D eigenvalue weighted by Gasteiger charge is -2.27. The zero-order valence-corrected chi connectivity index (χ0v) is 9.65. The minimum absolute atomic E-state index is 0.637. The molecule has 2 aliphatic rings. The smallest absolute Gasteiger partial charge is 0.0619 e. The Balaban J connectivity index is 1.60. The largest absolute Gasteiger partial charge is 0.380 e. The molecular formula is C11H21NOS. The van der Waals surface area contributed by atoms with Crippen LogP contribution in [0.5, 0.6) is 0 Å². The Morgan fingerprint density at radius 1 is 1.21 bits per heavy atom. The van der Waals surface area contributed by atoms with Crippen LogP contribution in [0.15, 0.2) is 0 Å². The maximum absolute atomic E-state index is 5.46. The highest BCUT2D eigenvalue weighted by atomic mass is 32.2. The monoisotopic (exact) mass is 215 g/mol. The second kappa shape index (κ2) is 5.99. The number of nitrogens with one attached hydrogen (secondary N) is 1. The van der Waals surface area contributed by atoms with E-state index in [1.165, 1.54) is 43.7 Å². The number of hydrogen-bond donors (Lipinski definition) is 1. The summed E-state index contributed by atoms with van der Waals surface area (Å²) in [5.74, 6) is 3.67. The van der Waals surface area contributed by atoms with Gasteiger partial charge in [0.25, 0.3) is 0 Å². The molecular weight excluding hydrogens is 194 g/mol. The van der Waals surface area contributed by atoms with E-state index in [1.807, 2.05) is 0 Å². The van der Waals surface area contributed by atoms with Crippen LogP contribution in [-0.2, 0) is 4.74 Å². The Hall–Kier alpha value is 0.270. The van der Waals surface area contributed by atoms with Crippen LogP contribution in [0.4, 0.5) is 0 Å². The summed E-state index contributed by atoms with van der Waals surface area (Å²) in [7, 11) is 0. The van der Waals surface area contributed by atoms with Crippen LogP contribution in [0.25, 0.3) is 0 Å². The Morgan fingerprint density at radius 3 is 2.79 bits per heavy atom. The molecule has 0 aliphatic carbocycles. The Morgan fingerprint density at radius 2 is 2.07 bits per heavy atom. The molecule has 0 radical (unpaired) electrons. The van der Waals surface area contributed by atoms with Crippen LogP contribution < -0.4 is 5.32 Å². The fraction of sp³-hybridized carbons (Fsp3) is 1.00. The van der Waals surface area contributed by atoms with E-state index >= 15 is 0 Å². The van der Waals surface area contributed by atoms with Gasteiger partial charge in [-0.3, -0.25) is 0 Å². The van der Waals surface area contributed by atoms with Crippen LogP contribution >= 0.6 is 11.8 Å². The van der Waals surface area contributed by atoms with Crippen molar-refractivity contribution in [3.63, 3.8) is 0 Å². The summed E-state index contributed by atoms with van der Waals surface area (Å²) in [4.78, 5) is 0. The fourth-order valence-corrected chi connectivity index (χ4v) is 3.39. The highest BCUT2D eigenvalue weighted by molar-refractivity contribution is 7.99. The lowest BCUT2D eigenvalue weighted by Crippen LogP contribution is -2.40. The maximum atomic E-state index is 5.46. The van der Waals surface area contributed by atoms with Crippen LogP contribution in [-0.4, -0.2) is 37.3 Å². The first-order valence-electron chi connectivity index (χ1n) is 5.84. The summed E-state index contributed by atoms with van der Waals surface area (Å²) in [5.41, 5.74) is 0. The minimum atomic E-state index is 0.637. The standard InChI is InChI=1S/C11H21NOS/c1-2-11(9-13-5-1)12-8-10-3-6-14-7-4-10/h10-12H,1-9H2. The number of ether oxygens (including phenoxy) is 1. The molecule has 0 aromatic rings. The molecule has 0 amide bonds. The van der Waals surface area contributed by atoms with Crippen LogP contribution in [0.2, 0.25) is 0 Å². The van der Waals surface area contributed by atoms with E-state index in [-0.39, 0.29) is 0 Å². The van der Waals surface area contributed by atoms with E-state index in [4.69, 9.17) is 4.74 Å². The molecule has 0 bridgehead atoms. The third-order valence-corrected chi connectivity index (χ3v) is 4.25. The summed E-state index contributed by atoms with van der Waals surface area (Å²) in [6.07, 6.45) is 5.36. The Bertz CT molecular complexity index is 135. The second-order valence-electron chi connectivity index (χ2n) is 4.38. The van der Waals surface area contributed by atoms with Crippen LogP contribution in [0.1, 0.15) is 25.7 Å². The molecule has 2 fully saturated rings. The molecule has 2 nitrogen and oxygen atoms in total. The number of thioether (sulfide) groups is 1. The van der Waals surface area contributed by atoms with Crippen molar-refractivity contribution in [1.29, 1.82) is 0 Å². The van der Waals surface area contributed by atoms with E-state index in [0.717, 1.165) is 19.1 Å². The quantitative estimate of drug-likeness (QED) is 0.777. The Labute approximate surface area is 91.2 Å². The van der Waals surface area contributed by atoms with Crippen molar-refractivity contribution in [2.45, 2.75) is 31.7 Å². The predicted molar refractivity (Wildman–Crippen MR) is 61.9 cm³/mol. The molecule has 2 rings (SSSR count). The molecule has 1 unspecified atom stereocenters. The van der Waals surface area contributed by atoms with Gasteiger partial charge in [-0.05, 0) is 49.7 Å². The van der Waals surface area contributed by atoms with Gasteiger partial charge in [-0.1, -0.05) is 0 Å². The molecule has 2 heterocycles. The lowest BCUT2D eigenvalue weighted by molar-refractivity contribution is 0.0689. The molecule has 0 aromatic heterocycles. The normalized spacial score (nSPS) is 30.4. The zero-order chi connectivity index (χ0) is 9.64. The van der Waals surface area contributed by atoms with Gasteiger partial charge in [-0.15, -0.1) is 0 Å². The van der Waals surface area contributed by atoms with Gasteiger partial charge >= 0.3 is 0 Å².